The summed E-state index contributed by atoms with van der Waals surface area (Å²) in [6.07, 6.45) is 5.26. The molecule has 3 aromatic rings. The first-order valence-corrected chi connectivity index (χ1v) is 7.85. The summed E-state index contributed by atoms with van der Waals surface area (Å²) in [5.74, 6) is 0.00849. The van der Waals surface area contributed by atoms with E-state index in [1.165, 1.54) is 0 Å². The fraction of sp³-hybridized carbons (Fsp3) is 0.278. The summed E-state index contributed by atoms with van der Waals surface area (Å²) >= 11 is 0. The molecule has 0 spiro atoms. The molecule has 23 heavy (non-hydrogen) atoms. The van der Waals surface area contributed by atoms with Crippen molar-refractivity contribution in [3.8, 4) is 0 Å². The maximum Gasteiger partial charge on any atom is 0.242 e. The molecule has 0 saturated heterocycles. The number of pyridine rings is 1. The number of carbonyl (C=O) groups is 1. The zero-order chi connectivity index (χ0) is 16.1. The van der Waals surface area contributed by atoms with Crippen molar-refractivity contribution in [2.24, 2.45) is 0 Å². The predicted octanol–water partition coefficient (Wildman–Crippen LogP) is 2.74. The molecule has 1 amide bonds. The lowest BCUT2D eigenvalue weighted by Crippen LogP contribution is -2.31. The number of hydrogen-bond donors (Lipinski definition) is 1. The van der Waals surface area contributed by atoms with Crippen LogP contribution in [0.5, 0.6) is 0 Å². The van der Waals surface area contributed by atoms with Crippen LogP contribution in [0.3, 0.4) is 0 Å². The number of para-hydroxylation sites is 2. The average molecular weight is 308 g/mol. The third-order valence-electron chi connectivity index (χ3n) is 3.91. The fourth-order valence-corrected chi connectivity index (χ4v) is 2.59. The normalized spacial score (nSPS) is 12.2. The molecule has 0 unspecified atom stereocenters. The molecule has 0 radical (unpaired) electrons. The predicted molar refractivity (Wildman–Crippen MR) is 90.0 cm³/mol. The van der Waals surface area contributed by atoms with Crippen LogP contribution >= 0.6 is 0 Å². The van der Waals surface area contributed by atoms with E-state index in [0.29, 0.717) is 6.54 Å². The monoisotopic (exact) mass is 308 g/mol. The molecule has 5 nitrogen and oxygen atoms in total. The van der Waals surface area contributed by atoms with Gasteiger partial charge in [0.05, 0.1) is 17.4 Å². The van der Waals surface area contributed by atoms with E-state index in [1.807, 2.05) is 54.0 Å². The Bertz CT molecular complexity index is 782. The lowest BCUT2D eigenvalue weighted by Gasteiger charge is -2.14. The first kappa shape index (κ1) is 15.2. The number of amides is 1. The summed E-state index contributed by atoms with van der Waals surface area (Å²) in [5.41, 5.74) is 2.93. The van der Waals surface area contributed by atoms with Gasteiger partial charge in [-0.15, -0.1) is 0 Å². The van der Waals surface area contributed by atoms with Gasteiger partial charge in [0.1, 0.15) is 6.04 Å². The van der Waals surface area contributed by atoms with E-state index in [-0.39, 0.29) is 11.9 Å². The number of nitrogens with zero attached hydrogens (tertiary/aromatic N) is 3. The Hall–Kier alpha value is -2.69. The van der Waals surface area contributed by atoms with E-state index >= 15 is 0 Å². The van der Waals surface area contributed by atoms with Crippen LogP contribution in [0, 0.1) is 0 Å². The Kier molecular flexibility index (Phi) is 4.66. The highest BCUT2D eigenvalue weighted by Crippen LogP contribution is 2.17. The lowest BCUT2D eigenvalue weighted by molar-refractivity contribution is -0.123. The van der Waals surface area contributed by atoms with Gasteiger partial charge in [-0.25, -0.2) is 4.98 Å². The highest BCUT2D eigenvalue weighted by molar-refractivity contribution is 5.83. The number of fused-ring (bicyclic) bond motifs is 1. The van der Waals surface area contributed by atoms with Gasteiger partial charge >= 0.3 is 0 Å². The number of rotatable bonds is 6. The summed E-state index contributed by atoms with van der Waals surface area (Å²) in [4.78, 5) is 20.9. The lowest BCUT2D eigenvalue weighted by atomic mass is 10.2. The molecule has 0 aliphatic heterocycles. The topological polar surface area (TPSA) is 59.8 Å². The highest BCUT2D eigenvalue weighted by Gasteiger charge is 2.16. The molecule has 1 N–H and O–H groups in total. The molecular formula is C18H20N4O. The summed E-state index contributed by atoms with van der Waals surface area (Å²) in [6, 6.07) is 13.4. The second-order valence-corrected chi connectivity index (χ2v) is 5.53. The van der Waals surface area contributed by atoms with Gasteiger partial charge in [-0.3, -0.25) is 9.78 Å². The third kappa shape index (κ3) is 3.56. The quantitative estimate of drug-likeness (QED) is 0.712. The number of imidazole rings is 1. The van der Waals surface area contributed by atoms with Crippen molar-refractivity contribution in [3.63, 3.8) is 0 Å². The van der Waals surface area contributed by atoms with Gasteiger partial charge in [0.15, 0.2) is 0 Å². The highest BCUT2D eigenvalue weighted by atomic mass is 16.2. The van der Waals surface area contributed by atoms with Crippen molar-refractivity contribution in [2.75, 3.05) is 6.54 Å². The van der Waals surface area contributed by atoms with Crippen LogP contribution in [-0.2, 0) is 11.2 Å². The molecule has 0 fully saturated rings. The van der Waals surface area contributed by atoms with Gasteiger partial charge in [-0.1, -0.05) is 18.2 Å². The minimum Gasteiger partial charge on any atom is -0.354 e. The van der Waals surface area contributed by atoms with Crippen molar-refractivity contribution in [1.29, 1.82) is 0 Å². The zero-order valence-corrected chi connectivity index (χ0v) is 13.1. The molecule has 2 aromatic heterocycles. The maximum absolute atomic E-state index is 12.3. The van der Waals surface area contributed by atoms with Crippen LogP contribution in [0.2, 0.25) is 0 Å². The summed E-state index contributed by atoms with van der Waals surface area (Å²) in [7, 11) is 0. The van der Waals surface area contributed by atoms with Crippen LogP contribution in [-0.4, -0.2) is 27.0 Å². The number of carbonyl (C=O) groups excluding carboxylic acids is 1. The standard InChI is InChI=1S/C18H20N4O/c1-14(22-13-21-16-9-2-3-10-17(16)22)18(23)20-12-6-8-15-7-4-5-11-19-15/h2-5,7,9-11,13-14H,6,8,12H2,1H3,(H,20,23)/t14-/m0/s1. The smallest absolute Gasteiger partial charge is 0.242 e. The molecule has 0 bridgehead atoms. The van der Waals surface area contributed by atoms with Crippen molar-refractivity contribution in [1.82, 2.24) is 19.9 Å². The fourth-order valence-electron chi connectivity index (χ4n) is 2.59. The van der Waals surface area contributed by atoms with Crippen LogP contribution in [0.4, 0.5) is 0 Å². The number of nitrogens with one attached hydrogen (secondary N) is 1. The minimum atomic E-state index is -0.280. The number of benzene rings is 1. The van der Waals surface area contributed by atoms with Crippen molar-refractivity contribution in [2.45, 2.75) is 25.8 Å². The molecule has 0 aliphatic carbocycles. The van der Waals surface area contributed by atoms with Crippen LogP contribution in [0.1, 0.15) is 25.1 Å². The summed E-state index contributed by atoms with van der Waals surface area (Å²) in [6.45, 7) is 2.54. The minimum absolute atomic E-state index is 0.00849. The van der Waals surface area contributed by atoms with Crippen molar-refractivity contribution >= 4 is 16.9 Å². The second kappa shape index (κ2) is 7.05. The number of hydrogen-bond acceptors (Lipinski definition) is 3. The molecule has 1 aromatic carbocycles. The first-order chi connectivity index (χ1) is 11.3. The number of aromatic nitrogens is 3. The molecule has 3 rings (SSSR count). The molecule has 5 heteroatoms. The van der Waals surface area contributed by atoms with E-state index in [2.05, 4.69) is 15.3 Å². The van der Waals surface area contributed by atoms with Crippen molar-refractivity contribution in [3.05, 3.63) is 60.7 Å². The van der Waals surface area contributed by atoms with Gasteiger partial charge < -0.3 is 9.88 Å². The van der Waals surface area contributed by atoms with E-state index < -0.39 is 0 Å². The van der Waals surface area contributed by atoms with Crippen molar-refractivity contribution < 1.29 is 4.79 Å². The first-order valence-electron chi connectivity index (χ1n) is 7.85. The number of aryl methyl sites for hydroxylation is 1. The molecular weight excluding hydrogens is 288 g/mol. The summed E-state index contributed by atoms with van der Waals surface area (Å²) < 4.78 is 1.91. The van der Waals surface area contributed by atoms with Gasteiger partial charge in [-0.2, -0.15) is 0 Å². The molecule has 118 valence electrons. The molecule has 0 saturated carbocycles. The SMILES string of the molecule is C[C@@H](C(=O)NCCCc1ccccn1)n1cnc2ccccc21. The summed E-state index contributed by atoms with van der Waals surface area (Å²) in [5, 5.41) is 2.99. The Morgan fingerprint density at radius 1 is 1.17 bits per heavy atom. The van der Waals surface area contributed by atoms with Crippen LogP contribution in [0.25, 0.3) is 11.0 Å². The molecule has 1 atom stereocenters. The Morgan fingerprint density at radius 3 is 2.83 bits per heavy atom. The van der Waals surface area contributed by atoms with E-state index in [1.54, 1.807) is 12.5 Å². The largest absolute Gasteiger partial charge is 0.354 e. The molecule has 2 heterocycles. The Balaban J connectivity index is 1.54. The third-order valence-corrected chi connectivity index (χ3v) is 3.91. The van der Waals surface area contributed by atoms with E-state index in [9.17, 15) is 4.79 Å². The van der Waals surface area contributed by atoms with E-state index in [0.717, 1.165) is 29.6 Å². The average Bonchev–Trinajstić information content (AvgIpc) is 3.03. The van der Waals surface area contributed by atoms with E-state index in [4.69, 9.17) is 0 Å². The van der Waals surface area contributed by atoms with Crippen LogP contribution in [0.15, 0.2) is 55.0 Å². The maximum atomic E-state index is 12.3. The van der Waals surface area contributed by atoms with Gasteiger partial charge in [-0.05, 0) is 44.0 Å². The van der Waals surface area contributed by atoms with Gasteiger partial charge in [0.25, 0.3) is 0 Å². The van der Waals surface area contributed by atoms with Gasteiger partial charge in [0.2, 0.25) is 5.91 Å². The molecule has 0 aliphatic rings. The Labute approximate surface area is 135 Å². The Morgan fingerprint density at radius 2 is 2.00 bits per heavy atom. The second-order valence-electron chi connectivity index (χ2n) is 5.53. The van der Waals surface area contributed by atoms with Crippen LogP contribution < -0.4 is 5.32 Å². The van der Waals surface area contributed by atoms with Gasteiger partial charge in [0, 0.05) is 18.4 Å². The zero-order valence-electron chi connectivity index (χ0n) is 13.1.